The van der Waals surface area contributed by atoms with Gasteiger partial charge in [-0.15, -0.1) is 0 Å². The van der Waals surface area contributed by atoms with Gasteiger partial charge in [-0.2, -0.15) is 5.10 Å². The fourth-order valence-electron chi connectivity index (χ4n) is 6.84. The first-order chi connectivity index (χ1) is 19.8. The number of nitrogens with zero attached hydrogens (tertiary/aromatic N) is 7. The normalized spacial score (nSPS) is 18.5. The van der Waals surface area contributed by atoms with E-state index >= 15 is 0 Å². The van der Waals surface area contributed by atoms with E-state index in [1.54, 1.807) is 10.8 Å². The van der Waals surface area contributed by atoms with Gasteiger partial charge >= 0.3 is 0 Å². The molecule has 0 saturated carbocycles. The minimum Gasteiger partial charge on any atom is -0.457 e. The number of benzene rings is 1. The molecular weight excluding hydrogens is 514 g/mol. The Labute approximate surface area is 239 Å². The van der Waals surface area contributed by atoms with Crippen molar-refractivity contribution in [1.82, 2.24) is 34.9 Å². The van der Waals surface area contributed by atoms with Crippen LogP contribution < -0.4 is 20.3 Å². The van der Waals surface area contributed by atoms with E-state index in [4.69, 9.17) is 9.72 Å². The molecule has 0 radical (unpaired) electrons. The number of ether oxygens (including phenoxy) is 1. The van der Waals surface area contributed by atoms with Crippen LogP contribution >= 0.6 is 0 Å². The molecule has 1 aromatic carbocycles. The smallest absolute Gasteiger partial charge is 0.160 e. The largest absolute Gasteiger partial charge is 0.457 e. The van der Waals surface area contributed by atoms with Crippen molar-refractivity contribution in [3.8, 4) is 11.5 Å². The van der Waals surface area contributed by atoms with E-state index < -0.39 is 0 Å². The molecule has 0 aliphatic carbocycles. The van der Waals surface area contributed by atoms with Gasteiger partial charge in [0.1, 0.15) is 35.5 Å². The van der Waals surface area contributed by atoms with Gasteiger partial charge in [0.2, 0.25) is 0 Å². The number of nitrogens with one attached hydrogen (secondary N) is 2. The molecule has 1 spiro atoms. The van der Waals surface area contributed by atoms with E-state index in [1.165, 1.54) is 19.2 Å². The number of anilines is 3. The van der Waals surface area contributed by atoms with Crippen molar-refractivity contribution in [1.29, 1.82) is 0 Å². The Balaban J connectivity index is 1.15. The number of fused-ring (bicyclic) bond motifs is 2. The molecule has 6 heterocycles. The number of pyridine rings is 2. The summed E-state index contributed by atoms with van der Waals surface area (Å²) in [6.45, 7) is 12.3. The van der Waals surface area contributed by atoms with Gasteiger partial charge in [0, 0.05) is 36.0 Å². The third-order valence-corrected chi connectivity index (χ3v) is 8.48. The van der Waals surface area contributed by atoms with Crippen molar-refractivity contribution in [3.05, 3.63) is 66.9 Å². The van der Waals surface area contributed by atoms with Crippen molar-refractivity contribution in [2.24, 2.45) is 10.8 Å². The highest BCUT2D eigenvalue weighted by Gasteiger charge is 2.57. The maximum absolute atomic E-state index is 6.15. The number of aromatic nitrogens is 6. The maximum Gasteiger partial charge on any atom is 0.160 e. The molecule has 10 nitrogen and oxygen atoms in total. The number of rotatable bonds is 5. The van der Waals surface area contributed by atoms with Gasteiger partial charge < -0.3 is 20.3 Å². The minimum absolute atomic E-state index is 0.142. The molecule has 2 aliphatic heterocycles. The maximum atomic E-state index is 6.15. The van der Waals surface area contributed by atoms with Crippen LogP contribution in [0.2, 0.25) is 0 Å². The lowest BCUT2D eigenvalue weighted by atomic mass is 9.58. The van der Waals surface area contributed by atoms with Gasteiger partial charge in [0.15, 0.2) is 11.5 Å². The summed E-state index contributed by atoms with van der Waals surface area (Å²) in [6.07, 6.45) is 7.37. The second-order valence-corrected chi connectivity index (χ2v) is 12.4. The van der Waals surface area contributed by atoms with E-state index in [0.29, 0.717) is 23.0 Å². The average Bonchev–Trinajstić information content (AvgIpc) is 3.41. The van der Waals surface area contributed by atoms with Crippen molar-refractivity contribution in [2.45, 2.75) is 46.6 Å². The quantitative estimate of drug-likeness (QED) is 0.293. The molecule has 0 amide bonds. The lowest BCUT2D eigenvalue weighted by Gasteiger charge is -2.64. The third-order valence-electron chi connectivity index (χ3n) is 8.48. The minimum atomic E-state index is 0.142. The van der Waals surface area contributed by atoms with Crippen LogP contribution in [0.25, 0.3) is 16.7 Å². The first kappa shape index (κ1) is 25.6. The number of hydrogen-bond donors (Lipinski definition) is 2. The summed E-state index contributed by atoms with van der Waals surface area (Å²) in [6, 6.07) is 14.3. The van der Waals surface area contributed by atoms with E-state index in [2.05, 4.69) is 74.6 Å². The van der Waals surface area contributed by atoms with Crippen LogP contribution in [-0.2, 0) is 0 Å². The second kappa shape index (κ2) is 9.66. The van der Waals surface area contributed by atoms with Crippen molar-refractivity contribution in [2.75, 3.05) is 29.9 Å². The lowest BCUT2D eigenvalue weighted by molar-refractivity contribution is 0.0164. The van der Waals surface area contributed by atoms with Crippen LogP contribution in [0, 0.1) is 17.8 Å². The zero-order valence-corrected chi connectivity index (χ0v) is 23.9. The van der Waals surface area contributed by atoms with Gasteiger partial charge in [-0.05, 0) is 80.2 Å². The van der Waals surface area contributed by atoms with Crippen LogP contribution in [0.5, 0.6) is 11.5 Å². The van der Waals surface area contributed by atoms with Crippen LogP contribution in [0.1, 0.15) is 39.2 Å². The molecule has 41 heavy (non-hydrogen) atoms. The fraction of sp³-hybridized carbons (Fsp3) is 0.387. The Bertz CT molecular complexity index is 1740. The second-order valence-electron chi connectivity index (χ2n) is 12.4. The summed E-state index contributed by atoms with van der Waals surface area (Å²) in [5.74, 6) is 3.15. The Morgan fingerprint density at radius 2 is 1.85 bits per heavy atom. The molecule has 2 saturated heterocycles. The monoisotopic (exact) mass is 549 g/mol. The van der Waals surface area contributed by atoms with Crippen molar-refractivity contribution in [3.63, 3.8) is 0 Å². The highest BCUT2D eigenvalue weighted by atomic mass is 16.5. The van der Waals surface area contributed by atoms with E-state index in [9.17, 15) is 0 Å². The van der Waals surface area contributed by atoms with Crippen LogP contribution in [0.3, 0.4) is 0 Å². The Hall–Kier alpha value is -4.31. The van der Waals surface area contributed by atoms with Crippen LogP contribution in [0.15, 0.2) is 61.3 Å². The summed E-state index contributed by atoms with van der Waals surface area (Å²) >= 11 is 0. The summed E-state index contributed by atoms with van der Waals surface area (Å²) in [5.41, 5.74) is 4.70. The van der Waals surface area contributed by atoms with Crippen molar-refractivity contribution < 1.29 is 4.74 Å². The fourth-order valence-corrected chi connectivity index (χ4v) is 6.84. The molecule has 2 aliphatic rings. The van der Waals surface area contributed by atoms with E-state index in [1.807, 2.05) is 37.4 Å². The molecule has 5 aromatic rings. The SMILES string of the molecule is Cc1cc(Nc2ncnc3ccc(N4CC5(CCNCC5)C4C(C)(C)C)nc23)ccc1Oc1ccn2ncnc2c1. The van der Waals surface area contributed by atoms with Crippen molar-refractivity contribution >= 4 is 34.0 Å². The predicted octanol–water partition coefficient (Wildman–Crippen LogP) is 5.52. The van der Waals surface area contributed by atoms with Crippen LogP contribution in [0.4, 0.5) is 17.3 Å². The highest BCUT2D eigenvalue weighted by molar-refractivity contribution is 5.88. The van der Waals surface area contributed by atoms with Gasteiger partial charge in [-0.25, -0.2) is 24.5 Å². The van der Waals surface area contributed by atoms with Crippen LogP contribution in [-0.4, -0.2) is 55.2 Å². The molecule has 1 unspecified atom stereocenters. The predicted molar refractivity (Wildman–Crippen MR) is 160 cm³/mol. The first-order valence-corrected chi connectivity index (χ1v) is 14.2. The number of hydrogen-bond acceptors (Lipinski definition) is 9. The molecule has 1 atom stereocenters. The Morgan fingerprint density at radius 1 is 1.00 bits per heavy atom. The number of aryl methyl sites for hydroxylation is 1. The van der Waals surface area contributed by atoms with Gasteiger partial charge in [0.05, 0.1) is 5.52 Å². The van der Waals surface area contributed by atoms with E-state index in [0.717, 1.165) is 59.1 Å². The topological polar surface area (TPSA) is 105 Å². The van der Waals surface area contributed by atoms with Gasteiger partial charge in [0.25, 0.3) is 0 Å². The summed E-state index contributed by atoms with van der Waals surface area (Å²) in [7, 11) is 0. The zero-order chi connectivity index (χ0) is 28.2. The molecule has 2 fully saturated rings. The summed E-state index contributed by atoms with van der Waals surface area (Å²) in [5, 5.41) is 11.2. The molecule has 4 aromatic heterocycles. The van der Waals surface area contributed by atoms with Gasteiger partial charge in [-0.3, -0.25) is 0 Å². The third kappa shape index (κ3) is 4.61. The molecule has 7 rings (SSSR count). The summed E-state index contributed by atoms with van der Waals surface area (Å²) < 4.78 is 7.85. The van der Waals surface area contributed by atoms with Gasteiger partial charge in [-0.1, -0.05) is 20.8 Å². The first-order valence-electron chi connectivity index (χ1n) is 14.2. The summed E-state index contributed by atoms with van der Waals surface area (Å²) in [4.78, 5) is 20.9. The highest BCUT2D eigenvalue weighted by Crippen LogP contribution is 2.53. The zero-order valence-electron chi connectivity index (χ0n) is 23.9. The average molecular weight is 550 g/mol. The molecule has 210 valence electrons. The standard InChI is InChI=1S/C31H35N9O/c1-20-15-21(5-7-24(20)41-22-9-14-40-26(16-22)34-19-36-40)37-28-27-23(33-18-35-28)6-8-25(38-27)39-17-31(10-12-32-13-11-31)29(39)30(2,3)4/h5-9,14-16,18-19,29,32H,10-13,17H2,1-4H3,(H,33,35,37). The molecular formula is C31H35N9O. The number of piperidine rings is 1. The van der Waals surface area contributed by atoms with E-state index in [-0.39, 0.29) is 5.41 Å². The Kier molecular flexibility index (Phi) is 6.04. The Morgan fingerprint density at radius 3 is 2.66 bits per heavy atom. The molecule has 2 N–H and O–H groups in total. The lowest BCUT2D eigenvalue weighted by Crippen LogP contribution is -2.71. The molecule has 0 bridgehead atoms. The molecule has 10 heteroatoms.